The van der Waals surface area contributed by atoms with Gasteiger partial charge in [0.2, 0.25) is 11.4 Å². The molecule has 0 aliphatic carbocycles. The lowest BCUT2D eigenvalue weighted by molar-refractivity contribution is 0.483. The number of hydrogen-bond donors (Lipinski definition) is 0. The van der Waals surface area contributed by atoms with E-state index in [4.69, 9.17) is 9.72 Å². The molecule has 0 amide bonds. The van der Waals surface area contributed by atoms with Gasteiger partial charge in [0.1, 0.15) is 17.3 Å². The van der Waals surface area contributed by atoms with Crippen LogP contribution in [0.25, 0.3) is 38.8 Å². The molecule has 12 rings (SSSR count). The Labute approximate surface area is 460 Å². The first-order valence-electron chi connectivity index (χ1n) is 27.1. The Morgan fingerprint density at radius 1 is 0.449 bits per heavy atom. The number of pyridine rings is 2. The van der Waals surface area contributed by atoms with Gasteiger partial charge in [-0.3, -0.25) is 9.55 Å². The highest BCUT2D eigenvalue weighted by atomic mass is 28.3. The Morgan fingerprint density at radius 3 is 1.69 bits per heavy atom. The fraction of sp³-hybridized carbons (Fsp3) is 0.169. The minimum atomic E-state index is -2.84. The molecule has 0 N–H and O–H groups in total. The maximum atomic E-state index is 7.00. The number of aromatic nitrogens is 3. The van der Waals surface area contributed by atoms with Crippen molar-refractivity contribution in [3.8, 4) is 28.4 Å². The van der Waals surface area contributed by atoms with Crippen molar-refractivity contribution in [2.45, 2.75) is 78.6 Å². The Kier molecular flexibility index (Phi) is 12.4. The maximum Gasteiger partial charge on any atom is 0.503 e. The zero-order chi connectivity index (χ0) is 54.0. The Balaban J connectivity index is 1.02. The second-order valence-electron chi connectivity index (χ2n) is 23.8. The first kappa shape index (κ1) is 50.1. The normalized spacial score (nSPS) is 12.9. The summed E-state index contributed by atoms with van der Waals surface area (Å²) in [5, 5.41) is 7.60. The molecule has 11 aromatic rings. The highest BCUT2D eigenvalue weighted by Crippen LogP contribution is 2.45. The van der Waals surface area contributed by atoms with Crippen LogP contribution in [-0.2, 0) is 16.2 Å². The smallest absolute Gasteiger partial charge is 0.457 e. The van der Waals surface area contributed by atoms with Crippen LogP contribution < -0.4 is 34.6 Å². The van der Waals surface area contributed by atoms with Crippen molar-refractivity contribution in [3.63, 3.8) is 0 Å². The van der Waals surface area contributed by atoms with E-state index in [1.54, 1.807) is 0 Å². The topological polar surface area (TPSA) is 46.0 Å². The third kappa shape index (κ3) is 8.99. The number of hydrogen-bond acceptors (Lipinski definition) is 3. The van der Waals surface area contributed by atoms with Gasteiger partial charge in [-0.1, -0.05) is 190 Å². The predicted molar refractivity (Wildman–Crippen MR) is 329 cm³/mol. The van der Waals surface area contributed by atoms with Crippen molar-refractivity contribution in [1.29, 1.82) is 0 Å². The lowest BCUT2D eigenvalue weighted by atomic mass is 9.80. The lowest BCUT2D eigenvalue weighted by Gasteiger charge is -2.34. The summed E-state index contributed by atoms with van der Waals surface area (Å²) < 4.78 is 13.7. The molecule has 6 nitrogen and oxygen atoms in total. The van der Waals surface area contributed by atoms with E-state index >= 15 is 0 Å². The molecule has 0 saturated heterocycles. The Hall–Kier alpha value is -8.74. The molecule has 0 fully saturated rings. The first-order valence-corrected chi connectivity index (χ1v) is 29.1. The van der Waals surface area contributed by atoms with E-state index in [1.807, 2.05) is 30.7 Å². The highest BCUT2D eigenvalue weighted by molar-refractivity contribution is 7.20. The zero-order valence-electron chi connectivity index (χ0n) is 46.1. The van der Waals surface area contributed by atoms with Crippen molar-refractivity contribution >= 4 is 79.4 Å². The fourth-order valence-electron chi connectivity index (χ4n) is 11.3. The molecule has 0 bridgehead atoms. The number of fused-ring (bicyclic) bond motifs is 4. The van der Waals surface area contributed by atoms with Crippen molar-refractivity contribution < 1.29 is 4.74 Å². The SMILES string of the molecule is CC(C)(C)c1cc([N+]2=C=[N+](c3cccc(Oc4ccc5c6cc([Si](c7ccccc7)(c7ccccc7)c7ccccc7)ccc6n(-c6cc(C(C)(C)C)ccn6)c5c4)c3)c3cccc(-c4cccnc4)c32)cc(C(C)(C)C)c1. The molecule has 1 aliphatic heterocycles. The van der Waals surface area contributed by atoms with E-state index in [2.05, 4.69) is 287 Å². The van der Waals surface area contributed by atoms with E-state index in [0.29, 0.717) is 5.75 Å². The predicted octanol–water partition coefficient (Wildman–Crippen LogP) is 15.2. The van der Waals surface area contributed by atoms with E-state index < -0.39 is 8.07 Å². The second-order valence-corrected chi connectivity index (χ2v) is 27.6. The molecule has 1 aliphatic rings. The summed E-state index contributed by atoms with van der Waals surface area (Å²) in [7, 11) is -2.84. The van der Waals surface area contributed by atoms with Crippen molar-refractivity contribution in [2.24, 2.45) is 0 Å². The van der Waals surface area contributed by atoms with Gasteiger partial charge in [0.15, 0.2) is 8.07 Å². The molecule has 0 unspecified atom stereocenters. The second kappa shape index (κ2) is 19.4. The summed E-state index contributed by atoms with van der Waals surface area (Å²) >= 11 is 0. The fourth-order valence-corrected chi connectivity index (χ4v) is 16.1. The molecule has 0 atom stereocenters. The molecule has 8 aromatic carbocycles. The number of ether oxygens (including phenoxy) is 1. The third-order valence-electron chi connectivity index (χ3n) is 15.5. The standard InChI is InChI=1S/C71H65N5OSi/c1-69(2,3)50-37-39-73-67(43-50)76-64-36-34-60(78(57-25-13-10-14-26-57,58-27-15-11-16-28-58)59-29-17-12-18-30-59)46-63(64)62-35-33-56(45-66(62)76)77-55-24-19-23-53(44-55)74-48-75(54-41-51(70(4,5)6)40-52(42-54)71(7,8)9)68-61(31-20-32-65(68)74)49-22-21-38-72-47-49/h10-47H,1-9H3/q+2. The monoisotopic (exact) mass is 1030 g/mol. The summed E-state index contributed by atoms with van der Waals surface area (Å²) in [6, 6.07) is 81.3. The lowest BCUT2D eigenvalue weighted by Crippen LogP contribution is -2.74. The molecule has 0 spiro atoms. The number of para-hydroxylation sites is 1. The maximum absolute atomic E-state index is 7.00. The Morgan fingerprint density at radius 2 is 1.08 bits per heavy atom. The van der Waals surface area contributed by atoms with Crippen LogP contribution in [0.15, 0.2) is 231 Å². The quantitative estimate of drug-likeness (QED) is 0.0779. The van der Waals surface area contributed by atoms with Gasteiger partial charge in [0, 0.05) is 65.3 Å². The molecule has 7 heteroatoms. The molecule has 4 heterocycles. The minimum Gasteiger partial charge on any atom is -0.457 e. The van der Waals surface area contributed by atoms with Gasteiger partial charge < -0.3 is 4.74 Å². The molecule has 0 radical (unpaired) electrons. The van der Waals surface area contributed by atoms with Crippen molar-refractivity contribution in [3.05, 3.63) is 248 Å². The van der Waals surface area contributed by atoms with Crippen molar-refractivity contribution in [2.75, 3.05) is 0 Å². The average Bonchev–Trinajstić information content (AvgIpc) is 4.21. The number of rotatable bonds is 10. The highest BCUT2D eigenvalue weighted by Gasteiger charge is 2.43. The van der Waals surface area contributed by atoms with Gasteiger partial charge in [0.05, 0.1) is 22.7 Å². The Bertz CT molecular complexity index is 4010. The van der Waals surface area contributed by atoms with E-state index in [9.17, 15) is 0 Å². The van der Waals surface area contributed by atoms with Gasteiger partial charge in [-0.05, 0) is 111 Å². The zero-order valence-corrected chi connectivity index (χ0v) is 47.1. The van der Waals surface area contributed by atoms with Gasteiger partial charge in [0.25, 0.3) is 5.69 Å². The summed E-state index contributed by atoms with van der Waals surface area (Å²) in [6.07, 6.45) is 5.72. The van der Waals surface area contributed by atoms with E-state index in [-0.39, 0.29) is 16.2 Å². The van der Waals surface area contributed by atoms with Crippen molar-refractivity contribution in [1.82, 2.24) is 23.7 Å². The summed E-state index contributed by atoms with van der Waals surface area (Å²) in [5.74, 6) is 2.30. The van der Waals surface area contributed by atoms with Gasteiger partial charge >= 0.3 is 11.7 Å². The van der Waals surface area contributed by atoms with Crippen LogP contribution >= 0.6 is 0 Å². The first-order chi connectivity index (χ1) is 37.6. The van der Waals surface area contributed by atoms with Crippen LogP contribution in [0.2, 0.25) is 0 Å². The average molecular weight is 1030 g/mol. The third-order valence-corrected chi connectivity index (χ3v) is 20.3. The van der Waals surface area contributed by atoms with Crippen LogP contribution in [0.1, 0.15) is 79.0 Å². The molecule has 382 valence electrons. The molecular formula is C71H65N5OSi+2. The molecule has 78 heavy (non-hydrogen) atoms. The molecule has 0 saturated carbocycles. The van der Waals surface area contributed by atoms with Crippen LogP contribution in [0.5, 0.6) is 11.5 Å². The van der Waals surface area contributed by atoms with Gasteiger partial charge in [-0.2, -0.15) is 0 Å². The van der Waals surface area contributed by atoms with Gasteiger partial charge in [-0.25, -0.2) is 4.98 Å². The summed E-state index contributed by atoms with van der Waals surface area (Å²) in [4.78, 5) is 9.64. The summed E-state index contributed by atoms with van der Waals surface area (Å²) in [5.41, 5.74) is 11.8. The van der Waals surface area contributed by atoms with Crippen LogP contribution in [0.4, 0.5) is 22.7 Å². The van der Waals surface area contributed by atoms with Gasteiger partial charge in [-0.15, -0.1) is 0 Å². The van der Waals surface area contributed by atoms with Crippen LogP contribution in [-0.4, -0.2) is 28.6 Å². The minimum absolute atomic E-state index is 0.0688. The molecular weight excluding hydrogens is 967 g/mol. The largest absolute Gasteiger partial charge is 0.503 e. The van der Waals surface area contributed by atoms with E-state index in [0.717, 1.165) is 67.2 Å². The summed E-state index contributed by atoms with van der Waals surface area (Å²) in [6.45, 7) is 20.5. The molecule has 3 aromatic heterocycles. The van der Waals surface area contributed by atoms with E-state index in [1.165, 1.54) is 37.4 Å². The number of nitrogens with zero attached hydrogens (tertiary/aromatic N) is 5. The van der Waals surface area contributed by atoms with Crippen LogP contribution in [0.3, 0.4) is 0 Å². The van der Waals surface area contributed by atoms with Crippen LogP contribution in [0, 0.1) is 0 Å². The number of benzene rings is 8.